The highest BCUT2D eigenvalue weighted by molar-refractivity contribution is 7.92. The second-order valence-electron chi connectivity index (χ2n) is 5.07. The van der Waals surface area contributed by atoms with E-state index in [9.17, 15) is 13.2 Å². The van der Waals surface area contributed by atoms with Crippen molar-refractivity contribution in [2.45, 2.75) is 31.1 Å². The number of carbonyl (C=O) groups excluding carboxylic acids is 1. The molecule has 6 heteroatoms. The summed E-state index contributed by atoms with van der Waals surface area (Å²) >= 11 is 0. The third kappa shape index (κ3) is 3.58. The Morgan fingerprint density at radius 1 is 1.35 bits per heavy atom. The molecule has 1 aliphatic heterocycles. The average Bonchev–Trinajstić information content (AvgIpc) is 2.38. The topological polar surface area (TPSA) is 75.3 Å². The number of carbonyl (C=O) groups is 1. The van der Waals surface area contributed by atoms with Gasteiger partial charge in [-0.3, -0.25) is 4.79 Å². The summed E-state index contributed by atoms with van der Waals surface area (Å²) in [6, 6.07) is 7.41. The zero-order chi connectivity index (χ0) is 14.6. The largest absolute Gasteiger partial charge is 0.325 e. The van der Waals surface area contributed by atoms with Crippen LogP contribution in [0.25, 0.3) is 0 Å². The van der Waals surface area contributed by atoms with Crippen LogP contribution in [0.4, 0.5) is 5.69 Å². The number of amides is 1. The van der Waals surface area contributed by atoms with Crippen molar-refractivity contribution in [2.75, 3.05) is 18.1 Å². The summed E-state index contributed by atoms with van der Waals surface area (Å²) in [6.45, 7) is 0.700. The van der Waals surface area contributed by atoms with Gasteiger partial charge in [-0.2, -0.15) is 0 Å². The Balaban J connectivity index is 2.09. The van der Waals surface area contributed by atoms with Crippen molar-refractivity contribution >= 4 is 21.4 Å². The number of benzene rings is 1. The van der Waals surface area contributed by atoms with Gasteiger partial charge in [-0.05, 0) is 37.6 Å². The summed E-state index contributed by atoms with van der Waals surface area (Å²) < 4.78 is 23.8. The molecule has 0 spiro atoms. The molecule has 1 heterocycles. The minimum Gasteiger partial charge on any atom is -0.325 e. The van der Waals surface area contributed by atoms with E-state index in [1.54, 1.807) is 6.07 Å². The zero-order valence-corrected chi connectivity index (χ0v) is 12.4. The van der Waals surface area contributed by atoms with Gasteiger partial charge in [0.15, 0.2) is 9.84 Å². The summed E-state index contributed by atoms with van der Waals surface area (Å²) in [7, 11) is -1.44. The standard InChI is InChI=1S/C14H20N2O3S/c1-15-10-11-5-4-6-12(9-11)16-14(17)13-7-2-3-8-20(13,18)19/h4-6,9,13,15H,2-3,7-8,10H2,1H3,(H,16,17). The summed E-state index contributed by atoms with van der Waals surface area (Å²) in [5, 5.41) is 4.85. The Hall–Kier alpha value is -1.40. The quantitative estimate of drug-likeness (QED) is 0.878. The first-order chi connectivity index (χ1) is 9.53. The maximum atomic E-state index is 12.1. The van der Waals surface area contributed by atoms with E-state index >= 15 is 0 Å². The molecule has 1 fully saturated rings. The van der Waals surface area contributed by atoms with Crippen LogP contribution in [0.15, 0.2) is 24.3 Å². The normalized spacial score (nSPS) is 21.4. The van der Waals surface area contributed by atoms with Gasteiger partial charge in [-0.25, -0.2) is 8.42 Å². The molecule has 20 heavy (non-hydrogen) atoms. The molecule has 0 bridgehead atoms. The minimum atomic E-state index is -3.29. The van der Waals surface area contributed by atoms with Crippen molar-refractivity contribution in [3.05, 3.63) is 29.8 Å². The second-order valence-corrected chi connectivity index (χ2v) is 7.37. The number of anilines is 1. The molecule has 1 aromatic rings. The number of sulfone groups is 1. The van der Waals surface area contributed by atoms with Crippen LogP contribution in [0.1, 0.15) is 24.8 Å². The van der Waals surface area contributed by atoms with Crippen LogP contribution in [0.3, 0.4) is 0 Å². The van der Waals surface area contributed by atoms with Gasteiger partial charge < -0.3 is 10.6 Å². The highest BCUT2D eigenvalue weighted by Gasteiger charge is 2.34. The van der Waals surface area contributed by atoms with Crippen molar-refractivity contribution in [2.24, 2.45) is 0 Å². The van der Waals surface area contributed by atoms with E-state index in [-0.39, 0.29) is 5.75 Å². The molecule has 1 amide bonds. The molecule has 0 aliphatic carbocycles. The number of nitrogens with one attached hydrogen (secondary N) is 2. The molecular formula is C14H20N2O3S. The van der Waals surface area contributed by atoms with Gasteiger partial charge in [0.1, 0.15) is 5.25 Å². The molecule has 0 aromatic heterocycles. The van der Waals surface area contributed by atoms with Crippen molar-refractivity contribution in [1.82, 2.24) is 5.32 Å². The first-order valence-corrected chi connectivity index (χ1v) is 8.50. The van der Waals surface area contributed by atoms with Gasteiger partial charge >= 0.3 is 0 Å². The number of hydrogen-bond donors (Lipinski definition) is 2. The second kappa shape index (κ2) is 6.37. The predicted molar refractivity (Wildman–Crippen MR) is 79.3 cm³/mol. The molecule has 1 aliphatic rings. The maximum absolute atomic E-state index is 12.1. The van der Waals surface area contributed by atoms with Crippen LogP contribution in [0, 0.1) is 0 Å². The van der Waals surface area contributed by atoms with Crippen molar-refractivity contribution in [3.63, 3.8) is 0 Å². The molecule has 1 atom stereocenters. The molecule has 110 valence electrons. The Morgan fingerprint density at radius 3 is 2.85 bits per heavy atom. The van der Waals surface area contributed by atoms with E-state index in [4.69, 9.17) is 0 Å². The van der Waals surface area contributed by atoms with E-state index in [2.05, 4.69) is 10.6 Å². The van der Waals surface area contributed by atoms with Crippen LogP contribution < -0.4 is 10.6 Å². The summed E-state index contributed by atoms with van der Waals surface area (Å²) in [4.78, 5) is 12.1. The molecule has 1 aromatic carbocycles. The van der Waals surface area contributed by atoms with Crippen molar-refractivity contribution in [3.8, 4) is 0 Å². The highest BCUT2D eigenvalue weighted by atomic mass is 32.2. The lowest BCUT2D eigenvalue weighted by molar-refractivity contribution is -0.116. The lowest BCUT2D eigenvalue weighted by atomic mass is 10.1. The summed E-state index contributed by atoms with van der Waals surface area (Å²) in [5.74, 6) is -0.295. The van der Waals surface area contributed by atoms with E-state index in [0.717, 1.165) is 12.0 Å². The fraction of sp³-hybridized carbons (Fsp3) is 0.500. The van der Waals surface area contributed by atoms with Gasteiger partial charge in [0, 0.05) is 12.2 Å². The van der Waals surface area contributed by atoms with Gasteiger partial charge in [0.05, 0.1) is 5.75 Å². The maximum Gasteiger partial charge on any atom is 0.242 e. The van der Waals surface area contributed by atoms with Crippen LogP contribution in [0.5, 0.6) is 0 Å². The third-order valence-electron chi connectivity index (χ3n) is 3.45. The molecule has 0 radical (unpaired) electrons. The first kappa shape index (κ1) is 15.0. The minimum absolute atomic E-state index is 0.116. The van der Waals surface area contributed by atoms with E-state index in [1.807, 2.05) is 25.2 Å². The van der Waals surface area contributed by atoms with Crippen LogP contribution >= 0.6 is 0 Å². The monoisotopic (exact) mass is 296 g/mol. The zero-order valence-electron chi connectivity index (χ0n) is 11.6. The number of hydrogen-bond acceptors (Lipinski definition) is 4. The summed E-state index contributed by atoms with van der Waals surface area (Å²) in [6.07, 6.45) is 1.87. The average molecular weight is 296 g/mol. The SMILES string of the molecule is CNCc1cccc(NC(=O)C2CCCCS2(=O)=O)c1. The molecule has 2 rings (SSSR count). The van der Waals surface area contributed by atoms with E-state index in [1.165, 1.54) is 0 Å². The van der Waals surface area contributed by atoms with Crippen molar-refractivity contribution in [1.29, 1.82) is 0 Å². The summed E-state index contributed by atoms with van der Waals surface area (Å²) in [5.41, 5.74) is 1.68. The van der Waals surface area contributed by atoms with Crippen LogP contribution in [0.2, 0.25) is 0 Å². The van der Waals surface area contributed by atoms with Crippen LogP contribution in [-0.4, -0.2) is 32.4 Å². The van der Waals surface area contributed by atoms with Gasteiger partial charge in [-0.15, -0.1) is 0 Å². The highest BCUT2D eigenvalue weighted by Crippen LogP contribution is 2.21. The van der Waals surface area contributed by atoms with Crippen LogP contribution in [-0.2, 0) is 21.2 Å². The molecule has 2 N–H and O–H groups in total. The number of rotatable bonds is 4. The lowest BCUT2D eigenvalue weighted by Crippen LogP contribution is -2.39. The van der Waals surface area contributed by atoms with E-state index < -0.39 is 21.0 Å². The fourth-order valence-corrected chi connectivity index (χ4v) is 4.24. The fourth-order valence-electron chi connectivity index (χ4n) is 2.43. The Labute approximate surface area is 119 Å². The Kier molecular flexibility index (Phi) is 4.77. The smallest absolute Gasteiger partial charge is 0.242 e. The Bertz CT molecular complexity index is 584. The van der Waals surface area contributed by atoms with Gasteiger partial charge in [-0.1, -0.05) is 18.6 Å². The molecule has 0 saturated carbocycles. The molecule has 1 saturated heterocycles. The van der Waals surface area contributed by atoms with E-state index in [0.29, 0.717) is 25.1 Å². The predicted octanol–water partition coefficient (Wildman–Crippen LogP) is 1.31. The van der Waals surface area contributed by atoms with Gasteiger partial charge in [0.2, 0.25) is 5.91 Å². The van der Waals surface area contributed by atoms with Crippen molar-refractivity contribution < 1.29 is 13.2 Å². The first-order valence-electron chi connectivity index (χ1n) is 6.79. The lowest BCUT2D eigenvalue weighted by Gasteiger charge is -2.21. The third-order valence-corrected chi connectivity index (χ3v) is 5.62. The van der Waals surface area contributed by atoms with Gasteiger partial charge in [0.25, 0.3) is 0 Å². The molecule has 1 unspecified atom stereocenters. The molecule has 5 nitrogen and oxygen atoms in total. The Morgan fingerprint density at radius 2 is 2.15 bits per heavy atom. The molecular weight excluding hydrogens is 276 g/mol.